The second-order valence-electron chi connectivity index (χ2n) is 7.80. The van der Waals surface area contributed by atoms with Gasteiger partial charge >= 0.3 is 5.91 Å². The number of nitrogens with one attached hydrogen (secondary N) is 1. The van der Waals surface area contributed by atoms with Crippen LogP contribution in [0.2, 0.25) is 0 Å². The molecule has 0 radical (unpaired) electrons. The number of ether oxygens (including phenoxy) is 2. The number of hydrogen-bond donors (Lipinski definition) is 1. The fourth-order valence-electron chi connectivity index (χ4n) is 3.78. The van der Waals surface area contributed by atoms with Crippen molar-refractivity contribution in [3.8, 4) is 11.5 Å². The molecule has 174 valence electrons. The van der Waals surface area contributed by atoms with Crippen molar-refractivity contribution in [2.75, 3.05) is 7.11 Å². The maximum Gasteiger partial charge on any atom is 0.307 e. The number of hydrogen-bond acceptors (Lipinski definition) is 5. The highest BCUT2D eigenvalue weighted by atomic mass is 19.1. The number of halogens is 1. The number of rotatable bonds is 7. The lowest BCUT2D eigenvalue weighted by Crippen LogP contribution is -2.16. The Bertz CT molecular complexity index is 1560. The van der Waals surface area contributed by atoms with Crippen LogP contribution in [0.3, 0.4) is 0 Å². The van der Waals surface area contributed by atoms with E-state index in [1.165, 1.54) is 19.4 Å². The minimum absolute atomic E-state index is 0.0688. The summed E-state index contributed by atoms with van der Waals surface area (Å²) in [6.07, 6.45) is 1.49. The van der Waals surface area contributed by atoms with Crippen molar-refractivity contribution in [3.05, 3.63) is 108 Å². The van der Waals surface area contributed by atoms with Gasteiger partial charge in [0.2, 0.25) is 0 Å². The molecule has 1 heterocycles. The van der Waals surface area contributed by atoms with E-state index >= 15 is 0 Å². The zero-order chi connectivity index (χ0) is 24.2. The van der Waals surface area contributed by atoms with Crippen LogP contribution in [0.5, 0.6) is 11.5 Å². The molecule has 0 unspecified atom stereocenters. The van der Waals surface area contributed by atoms with E-state index < -0.39 is 5.91 Å². The van der Waals surface area contributed by atoms with E-state index in [0.717, 1.165) is 16.2 Å². The molecule has 0 atom stereocenters. The Hall–Kier alpha value is -4.65. The number of methoxy groups -OCH3 is 1. The molecular formula is C28H21FN2O4. The molecule has 6 nitrogen and oxygen atoms in total. The first kappa shape index (κ1) is 22.2. The van der Waals surface area contributed by atoms with Gasteiger partial charge in [-0.05, 0) is 52.7 Å². The molecule has 0 saturated heterocycles. The molecule has 5 rings (SSSR count). The van der Waals surface area contributed by atoms with Gasteiger partial charge in [0.1, 0.15) is 18.0 Å². The Morgan fingerprint density at radius 1 is 0.971 bits per heavy atom. The largest absolute Gasteiger partial charge is 0.493 e. The monoisotopic (exact) mass is 468 g/mol. The van der Waals surface area contributed by atoms with E-state index in [1.807, 2.05) is 36.4 Å². The second kappa shape index (κ2) is 9.69. The van der Waals surface area contributed by atoms with Crippen LogP contribution in [0, 0.1) is 5.82 Å². The van der Waals surface area contributed by atoms with Gasteiger partial charge in [0.25, 0.3) is 0 Å². The quantitative estimate of drug-likeness (QED) is 0.232. The Morgan fingerprint density at radius 3 is 2.66 bits per heavy atom. The van der Waals surface area contributed by atoms with Crippen molar-refractivity contribution in [1.29, 1.82) is 0 Å². The van der Waals surface area contributed by atoms with Crippen molar-refractivity contribution in [1.82, 2.24) is 5.43 Å². The lowest BCUT2D eigenvalue weighted by molar-refractivity contribution is 0.0929. The SMILES string of the molecule is COc1cc(/C=N\NC(=O)c2cc3c(ccc4ccccc43)o2)ccc1OCc1ccccc1F. The summed E-state index contributed by atoms with van der Waals surface area (Å²) in [5.41, 5.74) is 4.24. The standard InChI is InChI=1S/C28H21FN2O4/c1-33-26-14-18(10-12-25(26)34-17-20-7-3-5-9-23(20)29)16-30-31-28(32)27-15-22-21-8-4-2-6-19(21)11-13-24(22)35-27/h2-16H,17H2,1H3,(H,31,32)/b30-16-. The van der Waals surface area contributed by atoms with Gasteiger partial charge in [0, 0.05) is 10.9 Å². The first-order valence-electron chi connectivity index (χ1n) is 10.9. The molecule has 0 saturated carbocycles. The summed E-state index contributed by atoms with van der Waals surface area (Å²) in [5.74, 6) is 0.303. The predicted octanol–water partition coefficient (Wildman–Crippen LogP) is 6.08. The van der Waals surface area contributed by atoms with Gasteiger partial charge in [-0.25, -0.2) is 9.82 Å². The van der Waals surface area contributed by atoms with E-state index in [1.54, 1.807) is 42.5 Å². The van der Waals surface area contributed by atoms with Gasteiger partial charge in [-0.15, -0.1) is 0 Å². The number of carbonyl (C=O) groups excluding carboxylic acids is 1. The average molecular weight is 468 g/mol. The van der Waals surface area contributed by atoms with Gasteiger partial charge in [0.05, 0.1) is 13.3 Å². The maximum absolute atomic E-state index is 13.8. The summed E-state index contributed by atoms with van der Waals surface area (Å²) in [4.78, 5) is 12.6. The lowest BCUT2D eigenvalue weighted by atomic mass is 10.1. The van der Waals surface area contributed by atoms with Crippen LogP contribution < -0.4 is 14.9 Å². The zero-order valence-electron chi connectivity index (χ0n) is 18.8. The van der Waals surface area contributed by atoms with E-state index in [4.69, 9.17) is 13.9 Å². The molecule has 0 aliphatic heterocycles. The van der Waals surface area contributed by atoms with E-state index in [2.05, 4.69) is 10.5 Å². The van der Waals surface area contributed by atoms with E-state index in [0.29, 0.717) is 28.2 Å². The van der Waals surface area contributed by atoms with Gasteiger partial charge < -0.3 is 13.9 Å². The Labute approximate surface area is 200 Å². The highest BCUT2D eigenvalue weighted by molar-refractivity contribution is 6.08. The number of fused-ring (bicyclic) bond motifs is 3. The first-order valence-corrected chi connectivity index (χ1v) is 10.9. The van der Waals surface area contributed by atoms with Crippen molar-refractivity contribution >= 4 is 33.9 Å². The fourth-order valence-corrected chi connectivity index (χ4v) is 3.78. The summed E-state index contributed by atoms with van der Waals surface area (Å²) < 4.78 is 30.6. The normalized spacial score (nSPS) is 11.3. The van der Waals surface area contributed by atoms with Gasteiger partial charge in [0.15, 0.2) is 17.3 Å². The Kier molecular flexibility index (Phi) is 6.13. The minimum Gasteiger partial charge on any atom is -0.493 e. The van der Waals surface area contributed by atoms with Crippen LogP contribution in [0.4, 0.5) is 4.39 Å². The van der Waals surface area contributed by atoms with Gasteiger partial charge in [-0.1, -0.05) is 48.5 Å². The number of amides is 1. The number of benzene rings is 4. The van der Waals surface area contributed by atoms with Crippen LogP contribution in [0.1, 0.15) is 21.7 Å². The summed E-state index contributed by atoms with van der Waals surface area (Å²) in [6, 6.07) is 25.0. The van der Waals surface area contributed by atoms with Crippen molar-refractivity contribution in [2.24, 2.45) is 5.10 Å². The minimum atomic E-state index is -0.460. The molecule has 1 N–H and O–H groups in total. The number of carbonyl (C=O) groups is 1. The molecule has 1 amide bonds. The van der Waals surface area contributed by atoms with Gasteiger partial charge in [-0.2, -0.15) is 5.10 Å². The third-order valence-corrected chi connectivity index (χ3v) is 5.56. The highest BCUT2D eigenvalue weighted by Gasteiger charge is 2.13. The smallest absolute Gasteiger partial charge is 0.307 e. The Morgan fingerprint density at radius 2 is 1.80 bits per heavy atom. The Balaban J connectivity index is 1.27. The van der Waals surface area contributed by atoms with Crippen molar-refractivity contribution in [2.45, 2.75) is 6.61 Å². The zero-order valence-corrected chi connectivity index (χ0v) is 18.8. The predicted molar refractivity (Wildman–Crippen MR) is 133 cm³/mol. The van der Waals surface area contributed by atoms with Crippen LogP contribution in [-0.4, -0.2) is 19.2 Å². The van der Waals surface area contributed by atoms with Gasteiger partial charge in [-0.3, -0.25) is 4.79 Å². The highest BCUT2D eigenvalue weighted by Crippen LogP contribution is 2.29. The first-order chi connectivity index (χ1) is 17.1. The van der Waals surface area contributed by atoms with Crippen LogP contribution in [0.25, 0.3) is 21.7 Å². The summed E-state index contributed by atoms with van der Waals surface area (Å²) in [6.45, 7) is 0.0688. The van der Waals surface area contributed by atoms with Crippen LogP contribution in [-0.2, 0) is 6.61 Å². The topological polar surface area (TPSA) is 73.1 Å². The molecule has 1 aromatic heterocycles. The molecule has 0 aliphatic rings. The molecule has 0 aliphatic carbocycles. The summed E-state index contributed by atoms with van der Waals surface area (Å²) >= 11 is 0. The van der Waals surface area contributed by atoms with E-state index in [9.17, 15) is 9.18 Å². The number of nitrogens with zero attached hydrogens (tertiary/aromatic N) is 1. The van der Waals surface area contributed by atoms with Crippen molar-refractivity contribution < 1.29 is 23.1 Å². The number of furan rings is 1. The molecular weight excluding hydrogens is 447 g/mol. The van der Waals surface area contributed by atoms with Crippen molar-refractivity contribution in [3.63, 3.8) is 0 Å². The molecule has 0 fully saturated rings. The van der Waals surface area contributed by atoms with E-state index in [-0.39, 0.29) is 18.2 Å². The third-order valence-electron chi connectivity index (χ3n) is 5.56. The molecule has 0 spiro atoms. The summed E-state index contributed by atoms with van der Waals surface area (Å²) in [5, 5.41) is 6.98. The van der Waals surface area contributed by atoms with Crippen LogP contribution in [0.15, 0.2) is 94.4 Å². The maximum atomic E-state index is 13.8. The third kappa shape index (κ3) is 4.70. The summed E-state index contributed by atoms with van der Waals surface area (Å²) in [7, 11) is 1.51. The molecule has 0 bridgehead atoms. The van der Waals surface area contributed by atoms with Crippen LogP contribution >= 0.6 is 0 Å². The second-order valence-corrected chi connectivity index (χ2v) is 7.80. The molecule has 35 heavy (non-hydrogen) atoms. The molecule has 7 heteroatoms. The fraction of sp³-hybridized carbons (Fsp3) is 0.0714. The molecule has 5 aromatic rings. The lowest BCUT2D eigenvalue weighted by Gasteiger charge is -2.11. The molecule has 4 aromatic carbocycles. The number of hydrazone groups is 1. The average Bonchev–Trinajstić information content (AvgIpc) is 3.34.